The van der Waals surface area contributed by atoms with Gasteiger partial charge in [0.15, 0.2) is 11.6 Å². The maximum Gasteiger partial charge on any atom is 0.168 e. The van der Waals surface area contributed by atoms with Crippen molar-refractivity contribution < 1.29 is 5.11 Å². The average molecular weight is 343 g/mol. The Morgan fingerprint density at radius 3 is 2.42 bits per heavy atom. The van der Waals surface area contributed by atoms with Crippen molar-refractivity contribution in [1.82, 2.24) is 19.9 Å². The lowest BCUT2D eigenvalue weighted by atomic mass is 10.1. The molecule has 0 fully saturated rings. The molecule has 0 bridgehead atoms. The summed E-state index contributed by atoms with van der Waals surface area (Å²) in [6.07, 6.45) is 5.17. The Bertz CT molecular complexity index is 1030. The maximum atomic E-state index is 10.2. The molecule has 128 valence electrons. The SMILES string of the molecule is CNc1ncc(-c2nc(-c3ccccc3)[nH]c2-c2ccncc2)cc1O. The van der Waals surface area contributed by atoms with Crippen LogP contribution in [0.4, 0.5) is 5.82 Å². The van der Waals surface area contributed by atoms with Crippen LogP contribution in [0.1, 0.15) is 0 Å². The first-order valence-electron chi connectivity index (χ1n) is 8.19. The number of nitrogens with one attached hydrogen (secondary N) is 2. The highest BCUT2D eigenvalue weighted by Crippen LogP contribution is 2.35. The molecule has 26 heavy (non-hydrogen) atoms. The van der Waals surface area contributed by atoms with Gasteiger partial charge in [-0.15, -0.1) is 0 Å². The number of aromatic hydroxyl groups is 1. The molecule has 0 unspecified atom stereocenters. The fourth-order valence-electron chi connectivity index (χ4n) is 2.82. The minimum atomic E-state index is 0.0786. The molecule has 0 aliphatic heterocycles. The molecule has 0 spiro atoms. The van der Waals surface area contributed by atoms with Crippen LogP contribution in [0.2, 0.25) is 0 Å². The minimum Gasteiger partial charge on any atom is -0.504 e. The Kier molecular flexibility index (Phi) is 4.07. The number of rotatable bonds is 4. The number of benzene rings is 1. The molecule has 0 amide bonds. The van der Waals surface area contributed by atoms with Crippen molar-refractivity contribution in [3.63, 3.8) is 0 Å². The van der Waals surface area contributed by atoms with Crippen molar-refractivity contribution in [2.45, 2.75) is 0 Å². The second-order valence-corrected chi connectivity index (χ2v) is 5.75. The van der Waals surface area contributed by atoms with Crippen LogP contribution >= 0.6 is 0 Å². The summed E-state index contributed by atoms with van der Waals surface area (Å²) < 4.78 is 0. The standard InChI is InChI=1S/C20H17N5O/c1-21-20-16(26)11-15(12-23-20)18-17(13-7-9-22-10-8-13)24-19(25-18)14-5-3-2-4-6-14/h2-12,26H,1H3,(H,21,23)(H,24,25). The zero-order valence-electron chi connectivity index (χ0n) is 14.1. The number of aromatic nitrogens is 4. The van der Waals surface area contributed by atoms with Crippen molar-refractivity contribution >= 4 is 5.82 Å². The maximum absolute atomic E-state index is 10.2. The van der Waals surface area contributed by atoms with E-state index in [2.05, 4.69) is 20.3 Å². The zero-order chi connectivity index (χ0) is 17.9. The summed E-state index contributed by atoms with van der Waals surface area (Å²) in [4.78, 5) is 16.5. The predicted octanol–water partition coefficient (Wildman–Crippen LogP) is 3.95. The summed E-state index contributed by atoms with van der Waals surface area (Å²) in [5.74, 6) is 1.26. The second-order valence-electron chi connectivity index (χ2n) is 5.75. The van der Waals surface area contributed by atoms with Crippen LogP contribution in [-0.2, 0) is 0 Å². The summed E-state index contributed by atoms with van der Waals surface area (Å²) in [5, 5.41) is 13.0. The third-order valence-corrected chi connectivity index (χ3v) is 4.10. The van der Waals surface area contributed by atoms with Gasteiger partial charge < -0.3 is 15.4 Å². The molecule has 0 radical (unpaired) electrons. The lowest BCUT2D eigenvalue weighted by molar-refractivity contribution is 0.475. The van der Waals surface area contributed by atoms with Crippen LogP contribution in [0.15, 0.2) is 67.1 Å². The van der Waals surface area contributed by atoms with E-state index in [1.54, 1.807) is 31.7 Å². The van der Waals surface area contributed by atoms with Crippen LogP contribution in [0.5, 0.6) is 5.75 Å². The second kappa shape index (κ2) is 6.68. The molecule has 1 aromatic carbocycles. The van der Waals surface area contributed by atoms with Crippen molar-refractivity contribution in [2.75, 3.05) is 12.4 Å². The lowest BCUT2D eigenvalue weighted by Gasteiger charge is -2.06. The van der Waals surface area contributed by atoms with E-state index in [-0.39, 0.29) is 5.75 Å². The summed E-state index contributed by atoms with van der Waals surface area (Å²) in [6, 6.07) is 15.4. The van der Waals surface area contributed by atoms with Crippen LogP contribution in [-0.4, -0.2) is 32.1 Å². The highest BCUT2D eigenvalue weighted by Gasteiger charge is 2.16. The van der Waals surface area contributed by atoms with Crippen LogP contribution in [0.3, 0.4) is 0 Å². The van der Waals surface area contributed by atoms with Crippen molar-refractivity contribution in [3.8, 4) is 39.7 Å². The third-order valence-electron chi connectivity index (χ3n) is 4.10. The topological polar surface area (TPSA) is 86.7 Å². The minimum absolute atomic E-state index is 0.0786. The fraction of sp³-hybridized carbons (Fsp3) is 0.0500. The van der Waals surface area contributed by atoms with Gasteiger partial charge >= 0.3 is 0 Å². The number of hydrogen-bond acceptors (Lipinski definition) is 5. The van der Waals surface area contributed by atoms with E-state index in [1.807, 2.05) is 42.5 Å². The summed E-state index contributed by atoms with van der Waals surface area (Å²) >= 11 is 0. The summed E-state index contributed by atoms with van der Waals surface area (Å²) in [5.41, 5.74) is 4.25. The number of H-pyrrole nitrogens is 1. The average Bonchev–Trinajstić information content (AvgIpc) is 3.15. The van der Waals surface area contributed by atoms with Gasteiger partial charge in [-0.3, -0.25) is 4.98 Å². The Morgan fingerprint density at radius 2 is 1.73 bits per heavy atom. The number of nitrogens with zero attached hydrogens (tertiary/aromatic N) is 3. The van der Waals surface area contributed by atoms with Crippen LogP contribution < -0.4 is 5.32 Å². The number of pyridine rings is 2. The molecule has 0 atom stereocenters. The molecular formula is C20H17N5O. The highest BCUT2D eigenvalue weighted by molar-refractivity contribution is 5.81. The van der Waals surface area contributed by atoms with Crippen LogP contribution in [0.25, 0.3) is 33.9 Å². The van der Waals surface area contributed by atoms with Gasteiger partial charge in [-0.2, -0.15) is 0 Å². The molecule has 3 aromatic heterocycles. The van der Waals surface area contributed by atoms with E-state index >= 15 is 0 Å². The molecule has 3 heterocycles. The molecule has 0 saturated carbocycles. The quantitative estimate of drug-likeness (QED) is 0.522. The fourth-order valence-corrected chi connectivity index (χ4v) is 2.82. The molecule has 6 nitrogen and oxygen atoms in total. The Hall–Kier alpha value is -3.67. The lowest BCUT2D eigenvalue weighted by Crippen LogP contribution is -1.93. The molecule has 0 saturated heterocycles. The summed E-state index contributed by atoms with van der Waals surface area (Å²) in [6.45, 7) is 0. The molecule has 4 aromatic rings. The normalized spacial score (nSPS) is 10.7. The van der Waals surface area contributed by atoms with E-state index in [9.17, 15) is 5.11 Å². The van der Waals surface area contributed by atoms with E-state index < -0.39 is 0 Å². The van der Waals surface area contributed by atoms with Crippen LogP contribution in [0, 0.1) is 0 Å². The number of imidazole rings is 1. The molecule has 4 rings (SSSR count). The number of hydrogen-bond donors (Lipinski definition) is 3. The Morgan fingerprint density at radius 1 is 0.962 bits per heavy atom. The van der Waals surface area contributed by atoms with E-state index in [0.717, 1.165) is 33.9 Å². The first-order valence-corrected chi connectivity index (χ1v) is 8.19. The highest BCUT2D eigenvalue weighted by atomic mass is 16.3. The predicted molar refractivity (Wildman–Crippen MR) is 102 cm³/mol. The Labute approximate surface area is 150 Å². The molecular weight excluding hydrogens is 326 g/mol. The van der Waals surface area contributed by atoms with Gasteiger partial charge in [0.25, 0.3) is 0 Å². The first-order chi connectivity index (χ1) is 12.8. The molecule has 6 heteroatoms. The van der Waals surface area contributed by atoms with E-state index in [0.29, 0.717) is 5.82 Å². The smallest absolute Gasteiger partial charge is 0.168 e. The zero-order valence-corrected chi connectivity index (χ0v) is 14.1. The van der Waals surface area contributed by atoms with Gasteiger partial charge in [-0.1, -0.05) is 30.3 Å². The van der Waals surface area contributed by atoms with Gasteiger partial charge in [0, 0.05) is 42.3 Å². The summed E-state index contributed by atoms with van der Waals surface area (Å²) in [7, 11) is 1.71. The number of anilines is 1. The van der Waals surface area contributed by atoms with Crippen molar-refractivity contribution in [2.24, 2.45) is 0 Å². The van der Waals surface area contributed by atoms with Gasteiger partial charge in [0.1, 0.15) is 5.82 Å². The largest absolute Gasteiger partial charge is 0.504 e. The molecule has 0 aliphatic rings. The van der Waals surface area contributed by atoms with E-state index in [4.69, 9.17) is 4.98 Å². The monoisotopic (exact) mass is 343 g/mol. The van der Waals surface area contributed by atoms with Crippen molar-refractivity contribution in [1.29, 1.82) is 0 Å². The van der Waals surface area contributed by atoms with E-state index in [1.165, 1.54) is 0 Å². The molecule has 0 aliphatic carbocycles. The van der Waals surface area contributed by atoms with Gasteiger partial charge in [-0.05, 0) is 18.2 Å². The number of aromatic amines is 1. The van der Waals surface area contributed by atoms with Gasteiger partial charge in [0.2, 0.25) is 0 Å². The third kappa shape index (κ3) is 2.88. The first kappa shape index (κ1) is 15.8. The Balaban J connectivity index is 1.90. The van der Waals surface area contributed by atoms with Gasteiger partial charge in [0.05, 0.1) is 11.4 Å². The van der Waals surface area contributed by atoms with Gasteiger partial charge in [-0.25, -0.2) is 9.97 Å². The molecule has 3 N–H and O–H groups in total. The van der Waals surface area contributed by atoms with Crippen molar-refractivity contribution in [3.05, 3.63) is 67.1 Å².